The molecular formula is C29H38N4O2S. The van der Waals surface area contributed by atoms with Crippen molar-refractivity contribution < 1.29 is 9.53 Å². The van der Waals surface area contributed by atoms with E-state index < -0.39 is 0 Å². The highest BCUT2D eigenvalue weighted by Crippen LogP contribution is 2.22. The monoisotopic (exact) mass is 506 g/mol. The summed E-state index contributed by atoms with van der Waals surface area (Å²) >= 11 is 1.89. The lowest BCUT2D eigenvalue weighted by molar-refractivity contribution is 0.0378. The summed E-state index contributed by atoms with van der Waals surface area (Å²) in [7, 11) is 0. The summed E-state index contributed by atoms with van der Waals surface area (Å²) in [5.41, 5.74) is 3.24. The Labute approximate surface area is 219 Å². The van der Waals surface area contributed by atoms with Gasteiger partial charge in [0, 0.05) is 61.8 Å². The second-order valence-corrected chi connectivity index (χ2v) is 11.1. The van der Waals surface area contributed by atoms with Crippen molar-refractivity contribution >= 4 is 23.1 Å². The maximum absolute atomic E-state index is 12.5. The quantitative estimate of drug-likeness (QED) is 0.345. The molecule has 1 aliphatic heterocycles. The maximum Gasteiger partial charge on any atom is 0.342 e. The van der Waals surface area contributed by atoms with Crippen molar-refractivity contribution in [2.24, 2.45) is 0 Å². The summed E-state index contributed by atoms with van der Waals surface area (Å²) in [5.74, 6) is 0.424. The smallest absolute Gasteiger partial charge is 0.342 e. The predicted octanol–water partition coefficient (Wildman–Crippen LogP) is 5.36. The van der Waals surface area contributed by atoms with Crippen LogP contribution < -0.4 is 4.90 Å². The number of carbonyl (C=O) groups is 1. The van der Waals surface area contributed by atoms with Crippen LogP contribution in [0.2, 0.25) is 0 Å². The Morgan fingerprint density at radius 1 is 1.03 bits per heavy atom. The number of nitrogens with zero attached hydrogens (tertiary/aromatic N) is 4. The summed E-state index contributed by atoms with van der Waals surface area (Å²) in [4.78, 5) is 27.0. The molecule has 1 saturated heterocycles. The molecule has 2 aromatic heterocycles. The van der Waals surface area contributed by atoms with Gasteiger partial charge in [-0.2, -0.15) is 0 Å². The van der Waals surface area contributed by atoms with Gasteiger partial charge in [0.15, 0.2) is 0 Å². The minimum atomic E-state index is -0.303. The zero-order chi connectivity index (χ0) is 25.5. The number of thiophene rings is 1. The average molecular weight is 507 g/mol. The van der Waals surface area contributed by atoms with Gasteiger partial charge in [-0.1, -0.05) is 31.2 Å². The number of hydrogen-bond acceptors (Lipinski definition) is 7. The van der Waals surface area contributed by atoms with Crippen LogP contribution in [0.5, 0.6) is 0 Å². The second-order valence-electron chi connectivity index (χ2n) is 9.72. The predicted molar refractivity (Wildman–Crippen MR) is 148 cm³/mol. The molecule has 3 aromatic rings. The Kier molecular flexibility index (Phi) is 9.13. The van der Waals surface area contributed by atoms with E-state index >= 15 is 0 Å². The third-order valence-corrected chi connectivity index (χ3v) is 7.46. The molecule has 3 heterocycles. The molecule has 0 unspecified atom stereocenters. The van der Waals surface area contributed by atoms with Gasteiger partial charge in [-0.25, -0.2) is 9.78 Å². The van der Waals surface area contributed by atoms with Crippen molar-refractivity contribution in [1.29, 1.82) is 0 Å². The number of aryl methyl sites for hydroxylation is 1. The van der Waals surface area contributed by atoms with Crippen LogP contribution in [0, 0.1) is 6.92 Å². The van der Waals surface area contributed by atoms with Gasteiger partial charge in [-0.3, -0.25) is 9.80 Å². The minimum absolute atomic E-state index is 0.149. The highest BCUT2D eigenvalue weighted by Gasteiger charge is 2.23. The van der Waals surface area contributed by atoms with Crippen molar-refractivity contribution in [3.8, 4) is 0 Å². The van der Waals surface area contributed by atoms with Crippen LogP contribution in [0.3, 0.4) is 0 Å². The van der Waals surface area contributed by atoms with Gasteiger partial charge in [0.2, 0.25) is 0 Å². The van der Waals surface area contributed by atoms with E-state index in [4.69, 9.17) is 4.74 Å². The molecule has 1 fully saturated rings. The topological polar surface area (TPSA) is 48.9 Å². The Balaban J connectivity index is 1.29. The molecule has 36 heavy (non-hydrogen) atoms. The molecule has 1 aliphatic rings. The van der Waals surface area contributed by atoms with Crippen LogP contribution in [0.1, 0.15) is 52.0 Å². The van der Waals surface area contributed by atoms with Crippen LogP contribution in [-0.2, 0) is 24.4 Å². The summed E-state index contributed by atoms with van der Waals surface area (Å²) < 4.78 is 5.42. The number of esters is 1. The van der Waals surface area contributed by atoms with E-state index in [9.17, 15) is 4.79 Å². The molecule has 1 aromatic carbocycles. The maximum atomic E-state index is 12.5. The molecule has 0 bridgehead atoms. The van der Waals surface area contributed by atoms with Crippen LogP contribution in [0.25, 0.3) is 0 Å². The van der Waals surface area contributed by atoms with Crippen LogP contribution >= 0.6 is 11.3 Å². The van der Waals surface area contributed by atoms with E-state index in [0.717, 1.165) is 58.2 Å². The fourth-order valence-corrected chi connectivity index (χ4v) is 5.47. The van der Waals surface area contributed by atoms with E-state index in [1.807, 2.05) is 31.3 Å². The molecule has 0 saturated carbocycles. The van der Waals surface area contributed by atoms with Crippen molar-refractivity contribution in [2.75, 3.05) is 37.6 Å². The van der Waals surface area contributed by atoms with Gasteiger partial charge in [0.25, 0.3) is 0 Å². The number of rotatable bonds is 10. The lowest BCUT2D eigenvalue weighted by atomic mass is 10.1. The largest absolute Gasteiger partial charge is 0.459 e. The first-order valence-electron chi connectivity index (χ1n) is 12.9. The number of anilines is 1. The minimum Gasteiger partial charge on any atom is -0.459 e. The Hall–Kier alpha value is -2.74. The third kappa shape index (κ3) is 7.15. The molecule has 192 valence electrons. The van der Waals surface area contributed by atoms with Gasteiger partial charge in [-0.05, 0) is 62.7 Å². The van der Waals surface area contributed by atoms with Gasteiger partial charge < -0.3 is 9.64 Å². The average Bonchev–Trinajstić information content (AvgIpc) is 3.29. The molecule has 4 rings (SSSR count). The fraction of sp³-hybridized carbons (Fsp3) is 0.448. The fourth-order valence-electron chi connectivity index (χ4n) is 4.54. The van der Waals surface area contributed by atoms with Gasteiger partial charge in [0.1, 0.15) is 11.4 Å². The van der Waals surface area contributed by atoms with E-state index in [1.54, 1.807) is 12.3 Å². The van der Waals surface area contributed by atoms with Crippen molar-refractivity contribution in [3.05, 3.63) is 81.2 Å². The second kappa shape index (κ2) is 12.5. The summed E-state index contributed by atoms with van der Waals surface area (Å²) in [6, 6.07) is 17.1. The number of ether oxygens (including phenoxy) is 1. The van der Waals surface area contributed by atoms with Gasteiger partial charge in [0.05, 0.1) is 6.10 Å². The number of carbonyl (C=O) groups excluding carboxylic acids is 1. The van der Waals surface area contributed by atoms with Crippen LogP contribution in [0.15, 0.2) is 54.7 Å². The standard InChI is InChI=1S/C29H38N4O2S/c1-5-31(21-26-13-8-23(4)36-26)19-24-9-11-25(12-10-24)20-32-15-17-33(18-16-32)28-27(7-6-14-30-28)29(34)35-22(2)3/h6-14,22H,5,15-21H2,1-4H3. The number of hydrogen-bond donors (Lipinski definition) is 0. The number of piperazine rings is 1. The van der Waals surface area contributed by atoms with E-state index in [0.29, 0.717) is 5.56 Å². The zero-order valence-electron chi connectivity index (χ0n) is 21.9. The first-order valence-corrected chi connectivity index (χ1v) is 13.7. The van der Waals surface area contributed by atoms with Gasteiger partial charge >= 0.3 is 5.97 Å². The summed E-state index contributed by atoms with van der Waals surface area (Å²) in [5, 5.41) is 0. The Morgan fingerprint density at radius 3 is 2.39 bits per heavy atom. The molecule has 0 aliphatic carbocycles. The molecular weight excluding hydrogens is 468 g/mol. The first kappa shape index (κ1) is 26.3. The molecule has 6 nitrogen and oxygen atoms in total. The number of aromatic nitrogens is 1. The van der Waals surface area contributed by atoms with E-state index in [-0.39, 0.29) is 12.1 Å². The summed E-state index contributed by atoms with van der Waals surface area (Å²) in [6.07, 6.45) is 1.60. The van der Waals surface area contributed by atoms with Crippen LogP contribution in [-0.4, -0.2) is 59.6 Å². The first-order chi connectivity index (χ1) is 17.4. The number of pyridine rings is 1. The highest BCUT2D eigenvalue weighted by atomic mass is 32.1. The zero-order valence-corrected chi connectivity index (χ0v) is 22.8. The molecule has 0 atom stereocenters. The van der Waals surface area contributed by atoms with Crippen molar-refractivity contribution in [2.45, 2.75) is 53.4 Å². The third-order valence-electron chi connectivity index (χ3n) is 6.48. The molecule has 0 amide bonds. The molecule has 0 N–H and O–H groups in total. The molecule has 0 radical (unpaired) electrons. The summed E-state index contributed by atoms with van der Waals surface area (Å²) in [6.45, 7) is 15.6. The van der Waals surface area contributed by atoms with E-state index in [1.165, 1.54) is 20.9 Å². The van der Waals surface area contributed by atoms with Crippen molar-refractivity contribution in [1.82, 2.24) is 14.8 Å². The van der Waals surface area contributed by atoms with Crippen molar-refractivity contribution in [3.63, 3.8) is 0 Å². The SMILES string of the molecule is CCN(Cc1ccc(CN2CCN(c3ncccc3C(=O)OC(C)C)CC2)cc1)Cc1ccc(C)s1. The lowest BCUT2D eigenvalue weighted by Crippen LogP contribution is -2.46. The molecule has 7 heteroatoms. The highest BCUT2D eigenvalue weighted by molar-refractivity contribution is 7.11. The van der Waals surface area contributed by atoms with E-state index in [2.05, 4.69) is 69.9 Å². The lowest BCUT2D eigenvalue weighted by Gasteiger charge is -2.36. The Morgan fingerprint density at radius 2 is 1.75 bits per heavy atom. The van der Waals surface area contributed by atoms with Crippen LogP contribution in [0.4, 0.5) is 5.82 Å². The number of benzene rings is 1. The Bertz CT molecular complexity index is 1120. The van der Waals surface area contributed by atoms with Gasteiger partial charge in [-0.15, -0.1) is 11.3 Å². The molecule has 0 spiro atoms. The normalized spacial score (nSPS) is 14.6.